The van der Waals surface area contributed by atoms with Crippen LogP contribution in [0.25, 0.3) is 0 Å². The third-order valence-electron chi connectivity index (χ3n) is 12.8. The van der Waals surface area contributed by atoms with E-state index < -0.39 is 224 Å². The molecular weight excluding hydrogens is 944 g/mol. The van der Waals surface area contributed by atoms with Crippen LogP contribution in [0.3, 0.4) is 0 Å². The molecule has 22 aliphatic heterocycles. The van der Waals surface area contributed by atoms with Gasteiger partial charge in [0.1, 0.15) is 140 Å². The predicted molar refractivity (Wildman–Crippen MR) is 198 cm³/mol. The fraction of sp³-hybridized carbons (Fsp3) is 1.00. The van der Waals surface area contributed by atoms with Crippen LogP contribution in [0.1, 0.15) is 0 Å². The Morgan fingerprint density at radius 1 is 0.250 bits per heavy atom. The van der Waals surface area contributed by atoms with Crippen LogP contribution in [0, 0.1) is 0 Å². The summed E-state index contributed by atoms with van der Waals surface area (Å²) in [7, 11) is 0. The van der Waals surface area contributed by atoms with Crippen LogP contribution < -0.4 is 0 Å². The molecule has 22 fully saturated rings. The quantitative estimate of drug-likeness (QED) is 0.0793. The number of aliphatic hydroxyl groups is 17. The maximum absolute atomic E-state index is 11.4. The van der Waals surface area contributed by atoms with Gasteiger partial charge in [-0.1, -0.05) is 5.04 Å². The molecule has 0 aromatic heterocycles. The molecular formula is C36H60O32. The van der Waals surface area contributed by atoms with E-state index in [1.54, 1.807) is 0 Å². The molecule has 12 bridgehead atoms. The topological polar surface area (TPSA) is 493 Å². The van der Waals surface area contributed by atoms with E-state index in [9.17, 15) is 92.1 Å². The molecule has 22 saturated heterocycles. The van der Waals surface area contributed by atoms with Gasteiger partial charge < -0.3 is 144 Å². The lowest BCUT2D eigenvalue weighted by atomic mass is 9.94. The average molecular weight is 1000 g/mol. The molecule has 0 aliphatic carbocycles. The van der Waals surface area contributed by atoms with Crippen LogP contribution in [-0.4, -0.2) is 316 Å². The van der Waals surface area contributed by atoms with Crippen LogP contribution in [0.4, 0.5) is 0 Å². The van der Waals surface area contributed by atoms with E-state index in [0.717, 1.165) is 0 Å². The zero-order valence-electron chi connectivity index (χ0n) is 35.3. The predicted octanol–water partition coefficient (Wildman–Crippen LogP) is -12.6. The van der Waals surface area contributed by atoms with Crippen molar-refractivity contribution in [3.8, 4) is 0 Å². The molecule has 32 heteroatoms. The smallest absolute Gasteiger partial charge is 0.187 e. The summed E-state index contributed by atoms with van der Waals surface area (Å²) in [5.41, 5.74) is 0. The zero-order chi connectivity index (χ0) is 49.5. The highest BCUT2D eigenvalue weighted by Gasteiger charge is 2.59. The maximum Gasteiger partial charge on any atom is 0.187 e. The molecule has 68 heavy (non-hydrogen) atoms. The molecule has 32 nitrogen and oxygen atoms in total. The summed E-state index contributed by atoms with van der Waals surface area (Å²) < 4.78 is 68.1. The van der Waals surface area contributed by atoms with E-state index in [2.05, 4.69) is 5.04 Å². The summed E-state index contributed by atoms with van der Waals surface area (Å²) in [6.45, 7) is -6.14. The second-order valence-electron chi connectivity index (χ2n) is 17.0. The van der Waals surface area contributed by atoms with Crippen molar-refractivity contribution < 1.29 is 159 Å². The van der Waals surface area contributed by atoms with Crippen molar-refractivity contribution in [2.75, 3.05) is 39.6 Å². The first-order valence-electron chi connectivity index (χ1n) is 21.4. The Balaban J connectivity index is 1.21. The molecule has 0 saturated carbocycles. The fourth-order valence-corrected chi connectivity index (χ4v) is 9.07. The number of hydrogen-bond donors (Lipinski definition) is 18. The van der Waals surface area contributed by atoms with Crippen LogP contribution >= 0.6 is 0 Å². The lowest BCUT2D eigenvalue weighted by Crippen LogP contribution is -2.69. The Labute approximate surface area is 382 Å². The minimum Gasteiger partial charge on any atom is -0.394 e. The number of hydrogen-bond acceptors (Lipinski definition) is 32. The summed E-state index contributed by atoms with van der Waals surface area (Å²) >= 11 is 0. The van der Waals surface area contributed by atoms with Crippen molar-refractivity contribution >= 4 is 0 Å². The van der Waals surface area contributed by atoms with Gasteiger partial charge in [0, 0.05) is 0 Å². The molecule has 22 rings (SSSR count). The van der Waals surface area contributed by atoms with E-state index >= 15 is 0 Å². The standard InChI is InChI=1S/C36H60O32/c37-1-7-24-13(43)18(48)31(55-7)62-25-8(2-38)57-33(20(50)15(25)45)64-27-10(4-40)59-35(22(52)17(27)47)66-29-12(6-42)60-36(23(53)30(29)67-68-54)65-28-11(5-41)58-34(21(51)16(28)46)63-26-9(3-39)56-32(61-24)19(49)14(26)44/h7-54H,1-6H2/t7-,8-,9-,10-,11-,12-,13-,14-,15-,16-,17-,18-,19-,20-,21-,22-,23-,24-,25-,26-,27-,28-,29+,30-,31-,32-,33-,34-,35-,36-/m1/s1. The normalized spacial score (nSPS) is 54.1. The molecule has 0 amide bonds. The lowest BCUT2D eigenvalue weighted by Gasteiger charge is -2.50. The third-order valence-corrected chi connectivity index (χ3v) is 12.8. The molecule has 22 heterocycles. The fourth-order valence-electron chi connectivity index (χ4n) is 9.07. The minimum atomic E-state index is -2.20. The third kappa shape index (κ3) is 10.6. The van der Waals surface area contributed by atoms with Crippen molar-refractivity contribution in [3.05, 3.63) is 0 Å². The first kappa shape index (κ1) is 54.5. The highest BCUT2D eigenvalue weighted by molar-refractivity contribution is 5.01. The minimum absolute atomic E-state index is 1.01. The molecule has 0 radical (unpaired) electrons. The Bertz CT molecular complexity index is 1550. The van der Waals surface area contributed by atoms with Gasteiger partial charge in [0.25, 0.3) is 0 Å². The van der Waals surface area contributed by atoms with E-state index in [1.165, 1.54) is 0 Å². The van der Waals surface area contributed by atoms with Gasteiger partial charge >= 0.3 is 0 Å². The van der Waals surface area contributed by atoms with Gasteiger partial charge in [-0.15, -0.1) is 0 Å². The SMILES string of the molecule is OC[C@H]1O[C@@H]2O[C@H]3[C@H](O)[C@@H](O)[C@@H](O[C@H]4[C@H](O)[C@@H](O)[C@@H](O[C@H]5[C@H](O)[C@@H](O)[C@@H](O[C@H]6[C@H](O)[C@@H](O)[C@@H](O[C@H]7[C@H](O)[C@@H](O)[C@@H](O[C@@H]1[C@H](OOO)[C@H]2O)O[C@@H]7CO)O[C@@H]6CO)O[C@@H]5CO)O[C@@H]4CO)O[C@@H]3CO. The van der Waals surface area contributed by atoms with Crippen molar-refractivity contribution in [1.82, 2.24) is 0 Å². The van der Waals surface area contributed by atoms with Gasteiger partial charge in [0.15, 0.2) is 43.8 Å². The second-order valence-corrected chi connectivity index (χ2v) is 17.0. The summed E-state index contributed by atoms with van der Waals surface area (Å²) in [6.07, 6.45) is -59.3. The number of aliphatic hydroxyl groups excluding tert-OH is 17. The molecule has 0 aromatic carbocycles. The van der Waals surface area contributed by atoms with Crippen molar-refractivity contribution in [2.45, 2.75) is 184 Å². The molecule has 30 atom stereocenters. The highest BCUT2D eigenvalue weighted by Crippen LogP contribution is 2.38. The van der Waals surface area contributed by atoms with Crippen LogP contribution in [0.5, 0.6) is 0 Å². The van der Waals surface area contributed by atoms with Crippen molar-refractivity contribution in [3.63, 3.8) is 0 Å². The number of rotatable bonds is 8. The Morgan fingerprint density at radius 2 is 0.441 bits per heavy atom. The molecule has 0 spiro atoms. The monoisotopic (exact) mass is 1000 g/mol. The molecule has 22 aliphatic rings. The molecule has 396 valence electrons. The Hall–Kier alpha value is -1.28. The molecule has 0 aromatic rings. The van der Waals surface area contributed by atoms with Crippen LogP contribution in [0.15, 0.2) is 0 Å². The molecule has 18 N–H and O–H groups in total. The van der Waals surface area contributed by atoms with E-state index in [0.29, 0.717) is 0 Å². The largest absolute Gasteiger partial charge is 0.394 e. The van der Waals surface area contributed by atoms with Crippen LogP contribution in [-0.2, 0) is 66.8 Å². The first-order chi connectivity index (χ1) is 32.5. The Morgan fingerprint density at radius 3 is 0.647 bits per heavy atom. The Kier molecular flexibility index (Phi) is 18.7. The first-order valence-corrected chi connectivity index (χ1v) is 21.4. The summed E-state index contributed by atoms with van der Waals surface area (Å²) in [5, 5.41) is 198. The van der Waals surface area contributed by atoms with Gasteiger partial charge in [0.05, 0.1) is 39.6 Å². The van der Waals surface area contributed by atoms with Crippen molar-refractivity contribution in [1.29, 1.82) is 0 Å². The zero-order valence-corrected chi connectivity index (χ0v) is 35.3. The second kappa shape index (κ2) is 23.3. The van der Waals surface area contributed by atoms with Gasteiger partial charge in [0.2, 0.25) is 0 Å². The summed E-state index contributed by atoms with van der Waals surface area (Å²) in [6, 6.07) is 0. The van der Waals surface area contributed by atoms with Gasteiger partial charge in [-0.05, 0) is 0 Å². The van der Waals surface area contributed by atoms with Crippen LogP contribution in [0.2, 0.25) is 0 Å². The van der Waals surface area contributed by atoms with E-state index in [4.69, 9.17) is 61.7 Å². The van der Waals surface area contributed by atoms with Gasteiger partial charge in [-0.2, -0.15) is 4.89 Å². The molecule has 0 unspecified atom stereocenters. The maximum atomic E-state index is 11.4. The van der Waals surface area contributed by atoms with Crippen molar-refractivity contribution in [2.24, 2.45) is 0 Å². The number of ether oxygens (including phenoxy) is 12. The van der Waals surface area contributed by atoms with E-state index in [-0.39, 0.29) is 0 Å². The highest BCUT2D eigenvalue weighted by atomic mass is 17.5. The summed E-state index contributed by atoms with van der Waals surface area (Å²) in [5.74, 6) is 0. The summed E-state index contributed by atoms with van der Waals surface area (Å²) in [4.78, 5) is 4.81. The van der Waals surface area contributed by atoms with E-state index in [1.807, 2.05) is 0 Å². The average Bonchev–Trinajstić information content (AvgIpc) is 3.33. The lowest BCUT2D eigenvalue weighted by molar-refractivity contribution is -0.531. The van der Waals surface area contributed by atoms with Gasteiger partial charge in [-0.25, -0.2) is 5.26 Å². The van der Waals surface area contributed by atoms with Gasteiger partial charge in [-0.3, -0.25) is 0 Å².